The van der Waals surface area contributed by atoms with Gasteiger partial charge in [-0.1, -0.05) is 17.7 Å². The van der Waals surface area contributed by atoms with Crippen LogP contribution in [0.4, 0.5) is 5.69 Å². The number of thiocarbonyl (C=S) groups is 1. The minimum atomic E-state index is -0.462. The maximum absolute atomic E-state index is 12.2. The molecular weight excluding hydrogens is 348 g/mol. The van der Waals surface area contributed by atoms with Crippen molar-refractivity contribution in [3.8, 4) is 0 Å². The first kappa shape index (κ1) is 17.9. The molecule has 0 aliphatic carbocycles. The van der Waals surface area contributed by atoms with Crippen LogP contribution in [0.5, 0.6) is 0 Å². The molecule has 0 aliphatic heterocycles. The van der Waals surface area contributed by atoms with Gasteiger partial charge >= 0.3 is 5.97 Å². The third-order valence-corrected chi connectivity index (χ3v) is 3.92. The van der Waals surface area contributed by atoms with Crippen LogP contribution in [-0.4, -0.2) is 24.1 Å². The highest BCUT2D eigenvalue weighted by Gasteiger charge is 2.11. The highest BCUT2D eigenvalue weighted by atomic mass is 35.5. The summed E-state index contributed by atoms with van der Waals surface area (Å²) in [5, 5.41) is 6.27. The third-order valence-electron chi connectivity index (χ3n) is 3.31. The number of esters is 1. The van der Waals surface area contributed by atoms with Crippen molar-refractivity contribution < 1.29 is 14.3 Å². The Balaban J connectivity index is 2.02. The Morgan fingerprint density at radius 2 is 1.71 bits per heavy atom. The molecule has 0 radical (unpaired) electrons. The minimum Gasteiger partial charge on any atom is -0.465 e. The number of benzene rings is 2. The predicted octanol–water partition coefficient (Wildman–Crippen LogP) is 3.56. The molecule has 0 spiro atoms. The summed E-state index contributed by atoms with van der Waals surface area (Å²) in [5.74, 6) is -0.848. The maximum Gasteiger partial charge on any atom is 0.337 e. The lowest BCUT2D eigenvalue weighted by atomic mass is 10.1. The number of anilines is 1. The molecule has 0 atom stereocenters. The molecule has 0 fully saturated rings. The third kappa shape index (κ3) is 4.31. The van der Waals surface area contributed by atoms with E-state index in [4.69, 9.17) is 23.8 Å². The second-order valence-corrected chi connectivity index (χ2v) is 5.71. The molecule has 24 heavy (non-hydrogen) atoms. The van der Waals surface area contributed by atoms with Crippen LogP contribution in [0.25, 0.3) is 0 Å². The Kier molecular flexibility index (Phi) is 5.89. The van der Waals surface area contributed by atoms with E-state index >= 15 is 0 Å². The predicted molar refractivity (Wildman–Crippen MR) is 97.7 cm³/mol. The average molecular weight is 363 g/mol. The number of methoxy groups -OCH3 is 1. The summed E-state index contributed by atoms with van der Waals surface area (Å²) in [6.07, 6.45) is 0. The number of ether oxygens (including phenoxy) is 1. The van der Waals surface area contributed by atoms with Crippen molar-refractivity contribution in [2.45, 2.75) is 6.92 Å². The van der Waals surface area contributed by atoms with Gasteiger partial charge in [0.15, 0.2) is 5.11 Å². The van der Waals surface area contributed by atoms with Gasteiger partial charge in [-0.2, -0.15) is 0 Å². The van der Waals surface area contributed by atoms with E-state index in [2.05, 4.69) is 15.4 Å². The molecule has 2 rings (SSSR count). The topological polar surface area (TPSA) is 67.4 Å². The lowest BCUT2D eigenvalue weighted by Gasteiger charge is -2.12. The molecule has 0 aliphatic rings. The Hall–Kier alpha value is -2.44. The van der Waals surface area contributed by atoms with Crippen LogP contribution < -0.4 is 10.6 Å². The highest BCUT2D eigenvalue weighted by molar-refractivity contribution is 7.80. The molecule has 2 N–H and O–H groups in total. The zero-order valence-corrected chi connectivity index (χ0v) is 14.6. The van der Waals surface area contributed by atoms with Gasteiger partial charge in [0.25, 0.3) is 5.91 Å². The Morgan fingerprint density at radius 3 is 2.33 bits per heavy atom. The van der Waals surface area contributed by atoms with Gasteiger partial charge in [0.2, 0.25) is 0 Å². The molecule has 0 aromatic heterocycles. The van der Waals surface area contributed by atoms with Crippen LogP contribution >= 0.6 is 23.8 Å². The Morgan fingerprint density at radius 1 is 1.08 bits per heavy atom. The molecule has 1 amide bonds. The second kappa shape index (κ2) is 7.90. The van der Waals surface area contributed by atoms with Gasteiger partial charge < -0.3 is 10.1 Å². The van der Waals surface area contributed by atoms with Crippen LogP contribution in [0, 0.1) is 6.92 Å². The monoisotopic (exact) mass is 362 g/mol. The van der Waals surface area contributed by atoms with E-state index in [1.165, 1.54) is 31.4 Å². The summed E-state index contributed by atoms with van der Waals surface area (Å²) in [4.78, 5) is 23.5. The molecule has 0 unspecified atom stereocenters. The van der Waals surface area contributed by atoms with Crippen molar-refractivity contribution in [1.29, 1.82) is 0 Å². The number of hydrogen-bond acceptors (Lipinski definition) is 4. The fourth-order valence-corrected chi connectivity index (χ4v) is 2.32. The lowest BCUT2D eigenvalue weighted by Crippen LogP contribution is -2.34. The van der Waals surface area contributed by atoms with Crippen molar-refractivity contribution >= 4 is 46.5 Å². The molecule has 2 aromatic rings. The van der Waals surface area contributed by atoms with E-state index in [0.717, 1.165) is 5.56 Å². The first-order valence-corrected chi connectivity index (χ1v) is 7.77. The standard InChI is InChI=1S/C17H15ClN2O3S/c1-10-13(18)4-3-5-14(10)19-17(24)20-15(21)11-6-8-12(9-7-11)16(22)23-2/h3-9H,1-2H3,(H2,19,20,21,24). The smallest absolute Gasteiger partial charge is 0.337 e. The van der Waals surface area contributed by atoms with Crippen LogP contribution in [0.1, 0.15) is 26.3 Å². The zero-order chi connectivity index (χ0) is 17.7. The fraction of sp³-hybridized carbons (Fsp3) is 0.118. The number of nitrogens with one attached hydrogen (secondary N) is 2. The van der Waals surface area contributed by atoms with Gasteiger partial charge in [-0.05, 0) is 61.1 Å². The van der Waals surface area contributed by atoms with Gasteiger partial charge in [-0.3, -0.25) is 10.1 Å². The number of carbonyl (C=O) groups is 2. The quantitative estimate of drug-likeness (QED) is 0.645. The number of halogens is 1. The van der Waals surface area contributed by atoms with Crippen molar-refractivity contribution in [3.63, 3.8) is 0 Å². The maximum atomic E-state index is 12.2. The minimum absolute atomic E-state index is 0.155. The van der Waals surface area contributed by atoms with Crippen LogP contribution in [0.15, 0.2) is 42.5 Å². The largest absolute Gasteiger partial charge is 0.465 e. The van der Waals surface area contributed by atoms with Crippen LogP contribution in [0.2, 0.25) is 5.02 Å². The summed E-state index contributed by atoms with van der Waals surface area (Å²) in [5.41, 5.74) is 2.28. The molecule has 0 saturated heterocycles. The van der Waals surface area contributed by atoms with Gasteiger partial charge in [0, 0.05) is 16.3 Å². The molecule has 124 valence electrons. The molecular formula is C17H15ClN2O3S. The average Bonchev–Trinajstić information content (AvgIpc) is 2.58. The zero-order valence-electron chi connectivity index (χ0n) is 13.1. The van der Waals surface area contributed by atoms with Gasteiger partial charge in [0.1, 0.15) is 0 Å². The van der Waals surface area contributed by atoms with E-state index in [0.29, 0.717) is 21.8 Å². The number of amides is 1. The molecule has 5 nitrogen and oxygen atoms in total. The highest BCUT2D eigenvalue weighted by Crippen LogP contribution is 2.22. The number of rotatable bonds is 3. The van der Waals surface area contributed by atoms with Gasteiger partial charge in [-0.15, -0.1) is 0 Å². The van der Waals surface area contributed by atoms with Crippen molar-refractivity contribution in [2.24, 2.45) is 0 Å². The first-order valence-electron chi connectivity index (χ1n) is 6.98. The fourth-order valence-electron chi connectivity index (χ4n) is 1.95. The second-order valence-electron chi connectivity index (χ2n) is 4.89. The van der Waals surface area contributed by atoms with Crippen LogP contribution in [-0.2, 0) is 4.74 Å². The normalized spacial score (nSPS) is 9.96. The summed E-state index contributed by atoms with van der Waals surface area (Å²) in [6.45, 7) is 1.85. The number of carbonyl (C=O) groups excluding carboxylic acids is 2. The van der Waals surface area contributed by atoms with E-state index in [-0.39, 0.29) is 11.0 Å². The first-order chi connectivity index (χ1) is 11.4. The van der Waals surface area contributed by atoms with Crippen molar-refractivity contribution in [3.05, 3.63) is 64.2 Å². The van der Waals surface area contributed by atoms with E-state index in [9.17, 15) is 9.59 Å². The molecule has 2 aromatic carbocycles. The molecule has 0 saturated carbocycles. The Labute approximate surface area is 150 Å². The van der Waals surface area contributed by atoms with E-state index in [1.54, 1.807) is 12.1 Å². The summed E-state index contributed by atoms with van der Waals surface area (Å²) in [6, 6.07) is 11.4. The lowest BCUT2D eigenvalue weighted by molar-refractivity contribution is 0.0600. The number of hydrogen-bond donors (Lipinski definition) is 2. The summed E-state index contributed by atoms with van der Waals surface area (Å²) >= 11 is 11.2. The Bertz CT molecular complexity index is 791. The van der Waals surface area contributed by atoms with Crippen molar-refractivity contribution in [2.75, 3.05) is 12.4 Å². The molecule has 7 heteroatoms. The molecule has 0 heterocycles. The van der Waals surface area contributed by atoms with Crippen molar-refractivity contribution in [1.82, 2.24) is 5.32 Å². The summed E-state index contributed by atoms with van der Waals surface area (Å²) < 4.78 is 4.61. The van der Waals surface area contributed by atoms with Crippen LogP contribution in [0.3, 0.4) is 0 Å². The molecule has 0 bridgehead atoms. The van der Waals surface area contributed by atoms with E-state index in [1.807, 2.05) is 13.0 Å². The van der Waals surface area contributed by atoms with E-state index < -0.39 is 5.97 Å². The summed E-state index contributed by atoms with van der Waals surface area (Å²) in [7, 11) is 1.30. The SMILES string of the molecule is COC(=O)c1ccc(C(=O)NC(=S)Nc2cccc(Cl)c2C)cc1. The van der Waals surface area contributed by atoms with Gasteiger partial charge in [0.05, 0.1) is 12.7 Å². The van der Waals surface area contributed by atoms with Gasteiger partial charge in [-0.25, -0.2) is 4.79 Å².